The summed E-state index contributed by atoms with van der Waals surface area (Å²) in [5.74, 6) is 0.490. The van der Waals surface area contributed by atoms with Gasteiger partial charge in [-0.2, -0.15) is 4.31 Å². The first-order valence-electron chi connectivity index (χ1n) is 9.94. The zero-order valence-corrected chi connectivity index (χ0v) is 17.1. The summed E-state index contributed by atoms with van der Waals surface area (Å²) in [6.45, 7) is 7.44. The summed E-state index contributed by atoms with van der Waals surface area (Å²) in [5.41, 5.74) is 2.06. The number of amides is 1. The highest BCUT2D eigenvalue weighted by Gasteiger charge is 2.32. The second kappa shape index (κ2) is 8.71. The van der Waals surface area contributed by atoms with Crippen LogP contribution in [-0.4, -0.2) is 51.4 Å². The number of carbonyl (C=O) groups is 1. The molecule has 0 saturated carbocycles. The van der Waals surface area contributed by atoms with Crippen molar-refractivity contribution in [2.75, 3.05) is 32.7 Å². The third kappa shape index (κ3) is 4.89. The first-order valence-corrected chi connectivity index (χ1v) is 11.4. The van der Waals surface area contributed by atoms with Gasteiger partial charge in [0.05, 0.1) is 4.90 Å². The molecule has 2 heterocycles. The highest BCUT2D eigenvalue weighted by molar-refractivity contribution is 7.89. The van der Waals surface area contributed by atoms with E-state index in [1.165, 1.54) is 4.31 Å². The number of hydrogen-bond acceptors (Lipinski definition) is 4. The summed E-state index contributed by atoms with van der Waals surface area (Å²) < 4.78 is 27.3. The van der Waals surface area contributed by atoms with Gasteiger partial charge < -0.3 is 10.6 Å². The summed E-state index contributed by atoms with van der Waals surface area (Å²) in [7, 11) is -3.49. The molecule has 2 aliphatic rings. The van der Waals surface area contributed by atoms with Gasteiger partial charge in [0.15, 0.2) is 0 Å². The molecule has 3 rings (SSSR count). The first-order chi connectivity index (χ1) is 12.9. The van der Waals surface area contributed by atoms with Gasteiger partial charge in [0, 0.05) is 25.6 Å². The highest BCUT2D eigenvalue weighted by atomic mass is 32.2. The number of hydrogen-bond donors (Lipinski definition) is 2. The van der Waals surface area contributed by atoms with E-state index in [2.05, 4.69) is 10.6 Å². The van der Waals surface area contributed by atoms with E-state index in [4.69, 9.17) is 0 Å². The van der Waals surface area contributed by atoms with Crippen molar-refractivity contribution < 1.29 is 13.2 Å². The molecule has 0 bridgehead atoms. The van der Waals surface area contributed by atoms with Crippen molar-refractivity contribution >= 4 is 15.9 Å². The maximum Gasteiger partial charge on any atom is 0.243 e. The Kier molecular flexibility index (Phi) is 6.55. The molecule has 6 nitrogen and oxygen atoms in total. The average molecular weight is 394 g/mol. The molecule has 1 unspecified atom stereocenters. The lowest BCUT2D eigenvalue weighted by atomic mass is 9.96. The number of nitrogens with zero attached hydrogens (tertiary/aromatic N) is 1. The quantitative estimate of drug-likeness (QED) is 0.800. The van der Waals surface area contributed by atoms with Gasteiger partial charge in [-0.1, -0.05) is 6.07 Å². The number of aryl methyl sites for hydroxylation is 2. The Balaban J connectivity index is 1.53. The summed E-state index contributed by atoms with van der Waals surface area (Å²) >= 11 is 0. The van der Waals surface area contributed by atoms with Gasteiger partial charge in [0.2, 0.25) is 15.9 Å². The van der Waals surface area contributed by atoms with Crippen LogP contribution in [0.5, 0.6) is 0 Å². The van der Waals surface area contributed by atoms with Crippen LogP contribution < -0.4 is 10.6 Å². The normalized spacial score (nSPS) is 22.5. The van der Waals surface area contributed by atoms with Crippen LogP contribution in [0.3, 0.4) is 0 Å². The van der Waals surface area contributed by atoms with E-state index in [-0.39, 0.29) is 11.8 Å². The second-order valence-corrected chi connectivity index (χ2v) is 9.82. The van der Waals surface area contributed by atoms with Crippen molar-refractivity contribution in [2.24, 2.45) is 11.8 Å². The second-order valence-electron chi connectivity index (χ2n) is 7.88. The molecule has 27 heavy (non-hydrogen) atoms. The van der Waals surface area contributed by atoms with E-state index in [9.17, 15) is 13.2 Å². The van der Waals surface area contributed by atoms with E-state index in [1.807, 2.05) is 19.9 Å². The van der Waals surface area contributed by atoms with Crippen LogP contribution >= 0.6 is 0 Å². The van der Waals surface area contributed by atoms with Crippen molar-refractivity contribution in [1.29, 1.82) is 0 Å². The fraction of sp³-hybridized carbons (Fsp3) is 0.650. The van der Waals surface area contributed by atoms with Crippen LogP contribution in [0.1, 0.15) is 36.8 Å². The average Bonchev–Trinajstić information content (AvgIpc) is 2.69. The summed E-state index contributed by atoms with van der Waals surface area (Å²) in [6, 6.07) is 5.26. The summed E-state index contributed by atoms with van der Waals surface area (Å²) in [5, 5.41) is 6.43. The Bertz CT molecular complexity index is 765. The molecule has 1 atom stereocenters. The number of sulfonamides is 1. The van der Waals surface area contributed by atoms with Crippen molar-refractivity contribution in [3.63, 3.8) is 0 Å². The summed E-state index contributed by atoms with van der Waals surface area (Å²) in [4.78, 5) is 12.8. The minimum absolute atomic E-state index is 0.0730. The van der Waals surface area contributed by atoms with Crippen LogP contribution in [0.4, 0.5) is 0 Å². The van der Waals surface area contributed by atoms with Gasteiger partial charge in [-0.05, 0) is 81.8 Å². The molecule has 0 radical (unpaired) electrons. The zero-order valence-electron chi connectivity index (χ0n) is 16.3. The van der Waals surface area contributed by atoms with Crippen molar-refractivity contribution in [2.45, 2.75) is 44.4 Å². The van der Waals surface area contributed by atoms with Gasteiger partial charge >= 0.3 is 0 Å². The van der Waals surface area contributed by atoms with Crippen LogP contribution in [0.2, 0.25) is 0 Å². The van der Waals surface area contributed by atoms with E-state index >= 15 is 0 Å². The Morgan fingerprint density at radius 3 is 2.56 bits per heavy atom. The molecule has 1 amide bonds. The van der Waals surface area contributed by atoms with Gasteiger partial charge in [0.1, 0.15) is 0 Å². The Morgan fingerprint density at radius 2 is 1.93 bits per heavy atom. The fourth-order valence-electron chi connectivity index (χ4n) is 3.87. The van der Waals surface area contributed by atoms with E-state index in [0.717, 1.165) is 37.1 Å². The van der Waals surface area contributed by atoms with E-state index in [0.29, 0.717) is 43.3 Å². The molecule has 0 spiro atoms. The largest absolute Gasteiger partial charge is 0.356 e. The molecule has 2 aliphatic heterocycles. The Labute approximate surface area is 162 Å². The number of rotatable bonds is 5. The molecule has 2 N–H and O–H groups in total. The fourth-order valence-corrected chi connectivity index (χ4v) is 5.42. The Morgan fingerprint density at radius 1 is 1.19 bits per heavy atom. The van der Waals surface area contributed by atoms with Crippen LogP contribution in [0.15, 0.2) is 23.1 Å². The summed E-state index contributed by atoms with van der Waals surface area (Å²) in [6.07, 6.45) is 3.48. The first kappa shape index (κ1) is 20.3. The van der Waals surface area contributed by atoms with Crippen LogP contribution in [-0.2, 0) is 14.8 Å². The van der Waals surface area contributed by atoms with E-state index < -0.39 is 10.0 Å². The minimum Gasteiger partial charge on any atom is -0.356 e. The van der Waals surface area contributed by atoms with Gasteiger partial charge in [-0.25, -0.2) is 8.42 Å². The number of piperidine rings is 2. The lowest BCUT2D eigenvalue weighted by Crippen LogP contribution is -2.45. The minimum atomic E-state index is -3.49. The molecule has 7 heteroatoms. The molecule has 0 aromatic heterocycles. The topological polar surface area (TPSA) is 78.5 Å². The molecular weight excluding hydrogens is 362 g/mol. The predicted octanol–water partition coefficient (Wildman–Crippen LogP) is 1.82. The predicted molar refractivity (Wildman–Crippen MR) is 106 cm³/mol. The maximum absolute atomic E-state index is 12.9. The smallest absolute Gasteiger partial charge is 0.243 e. The Hall–Kier alpha value is -1.44. The standard InChI is InChI=1S/C20H31N3O3S/c1-15-5-6-19(12-16(15)2)27(25,26)23-10-7-18(8-11-23)20(24)22-14-17-4-3-9-21-13-17/h5-6,12,17-18,21H,3-4,7-11,13-14H2,1-2H3,(H,22,24). The van der Waals surface area contributed by atoms with Crippen molar-refractivity contribution in [3.05, 3.63) is 29.3 Å². The monoisotopic (exact) mass is 393 g/mol. The number of benzene rings is 1. The molecule has 2 saturated heterocycles. The molecule has 0 aliphatic carbocycles. The molecule has 2 fully saturated rings. The SMILES string of the molecule is Cc1ccc(S(=O)(=O)N2CCC(C(=O)NCC3CCCNC3)CC2)cc1C. The molecule has 150 valence electrons. The molecule has 1 aromatic carbocycles. The van der Waals surface area contributed by atoms with Gasteiger partial charge in [-0.15, -0.1) is 0 Å². The lowest BCUT2D eigenvalue weighted by molar-refractivity contribution is -0.126. The van der Waals surface area contributed by atoms with Gasteiger partial charge in [0.25, 0.3) is 0 Å². The van der Waals surface area contributed by atoms with Crippen LogP contribution in [0, 0.1) is 25.7 Å². The maximum atomic E-state index is 12.9. The lowest BCUT2D eigenvalue weighted by Gasteiger charge is -2.31. The third-order valence-electron chi connectivity index (χ3n) is 5.90. The van der Waals surface area contributed by atoms with Crippen molar-refractivity contribution in [1.82, 2.24) is 14.9 Å². The number of carbonyl (C=O) groups excluding carboxylic acids is 1. The third-order valence-corrected chi connectivity index (χ3v) is 7.80. The number of nitrogens with one attached hydrogen (secondary N) is 2. The van der Waals surface area contributed by atoms with Crippen molar-refractivity contribution in [3.8, 4) is 0 Å². The zero-order chi connectivity index (χ0) is 19.4. The van der Waals surface area contributed by atoms with E-state index in [1.54, 1.807) is 12.1 Å². The van der Waals surface area contributed by atoms with Gasteiger partial charge in [-0.3, -0.25) is 4.79 Å². The molecular formula is C20H31N3O3S. The highest BCUT2D eigenvalue weighted by Crippen LogP contribution is 2.25. The molecule has 1 aromatic rings. The van der Waals surface area contributed by atoms with Crippen LogP contribution in [0.25, 0.3) is 0 Å².